The summed E-state index contributed by atoms with van der Waals surface area (Å²) in [7, 11) is -4.02. The van der Waals surface area contributed by atoms with Crippen LogP contribution in [-0.4, -0.2) is 49.6 Å². The second kappa shape index (κ2) is 5.88. The van der Waals surface area contributed by atoms with Crippen molar-refractivity contribution in [3.05, 3.63) is 28.5 Å². The maximum atomic E-state index is 13.7. The van der Waals surface area contributed by atoms with Gasteiger partial charge in [0.05, 0.1) is 28.7 Å². The van der Waals surface area contributed by atoms with Crippen LogP contribution >= 0.6 is 11.6 Å². The van der Waals surface area contributed by atoms with Crippen molar-refractivity contribution in [2.24, 2.45) is 0 Å². The molecule has 1 aliphatic rings. The standard InChI is InChI=1S/C12H13ClFNO5S/c1-7-6-20-3-2-15(7)21(18,19)8-4-9(12(16)17)11(13)10(14)5-8/h4-5,7H,2-3,6H2,1H3,(H,16,17). The molecule has 1 aliphatic heterocycles. The third-order valence-corrected chi connectivity index (χ3v) is 5.52. The van der Waals surface area contributed by atoms with E-state index in [2.05, 4.69) is 0 Å². The van der Waals surface area contributed by atoms with E-state index in [9.17, 15) is 17.6 Å². The summed E-state index contributed by atoms with van der Waals surface area (Å²) in [6.45, 7) is 2.23. The number of rotatable bonds is 3. The van der Waals surface area contributed by atoms with E-state index < -0.39 is 43.3 Å². The molecular weight excluding hydrogens is 325 g/mol. The number of ether oxygens (including phenoxy) is 1. The van der Waals surface area contributed by atoms with E-state index in [1.54, 1.807) is 6.92 Å². The maximum absolute atomic E-state index is 13.7. The molecule has 0 bridgehead atoms. The molecule has 0 aliphatic carbocycles. The monoisotopic (exact) mass is 337 g/mol. The first kappa shape index (κ1) is 16.2. The number of hydrogen-bond donors (Lipinski definition) is 1. The van der Waals surface area contributed by atoms with Gasteiger partial charge in [0.1, 0.15) is 5.82 Å². The number of halogens is 2. The van der Waals surface area contributed by atoms with Gasteiger partial charge >= 0.3 is 5.97 Å². The Kier molecular flexibility index (Phi) is 4.52. The Morgan fingerprint density at radius 2 is 2.19 bits per heavy atom. The minimum Gasteiger partial charge on any atom is -0.478 e. The van der Waals surface area contributed by atoms with E-state index in [0.717, 1.165) is 16.4 Å². The van der Waals surface area contributed by atoms with Crippen LogP contribution in [0.5, 0.6) is 0 Å². The Morgan fingerprint density at radius 1 is 1.52 bits per heavy atom. The third-order valence-electron chi connectivity index (χ3n) is 3.15. The zero-order valence-corrected chi connectivity index (χ0v) is 12.6. The molecule has 0 spiro atoms. The van der Waals surface area contributed by atoms with E-state index in [0.29, 0.717) is 0 Å². The van der Waals surface area contributed by atoms with Gasteiger partial charge in [-0.15, -0.1) is 0 Å². The van der Waals surface area contributed by atoms with Crippen LogP contribution in [-0.2, 0) is 14.8 Å². The Labute approximate surface area is 126 Å². The predicted octanol–water partition coefficient (Wildman–Crippen LogP) is 1.59. The third kappa shape index (κ3) is 3.03. The van der Waals surface area contributed by atoms with Crippen LogP contribution in [0.2, 0.25) is 5.02 Å². The fourth-order valence-corrected chi connectivity index (χ4v) is 3.90. The quantitative estimate of drug-likeness (QED) is 0.905. The summed E-state index contributed by atoms with van der Waals surface area (Å²) in [5, 5.41) is 8.35. The van der Waals surface area contributed by atoms with Crippen LogP contribution < -0.4 is 0 Å². The first-order valence-electron chi connectivity index (χ1n) is 6.07. The molecule has 9 heteroatoms. The first-order chi connectivity index (χ1) is 9.75. The van der Waals surface area contributed by atoms with Crippen molar-refractivity contribution < 1.29 is 27.4 Å². The fourth-order valence-electron chi connectivity index (χ4n) is 2.07. The van der Waals surface area contributed by atoms with Crippen molar-refractivity contribution in [2.45, 2.75) is 17.9 Å². The number of hydrogen-bond acceptors (Lipinski definition) is 4. The molecular formula is C12H13ClFNO5S. The maximum Gasteiger partial charge on any atom is 0.337 e. The van der Waals surface area contributed by atoms with Crippen LogP contribution in [0.1, 0.15) is 17.3 Å². The summed E-state index contributed by atoms with van der Waals surface area (Å²) in [6, 6.07) is 1.17. The van der Waals surface area contributed by atoms with Crippen LogP contribution in [0, 0.1) is 5.82 Å². The van der Waals surface area contributed by atoms with Crippen molar-refractivity contribution in [2.75, 3.05) is 19.8 Å². The van der Waals surface area contributed by atoms with Gasteiger partial charge in [-0.1, -0.05) is 11.6 Å². The Bertz CT molecular complexity index is 678. The molecule has 2 rings (SSSR count). The molecule has 1 heterocycles. The van der Waals surface area contributed by atoms with Crippen LogP contribution in [0.15, 0.2) is 17.0 Å². The zero-order chi connectivity index (χ0) is 15.8. The van der Waals surface area contributed by atoms with Gasteiger partial charge in [-0.3, -0.25) is 0 Å². The van der Waals surface area contributed by atoms with Crippen molar-refractivity contribution in [1.29, 1.82) is 0 Å². The Balaban J connectivity index is 2.52. The summed E-state index contributed by atoms with van der Waals surface area (Å²) in [5.41, 5.74) is -0.587. The molecule has 1 N–H and O–H groups in total. The van der Waals surface area contributed by atoms with E-state index in [-0.39, 0.29) is 19.8 Å². The van der Waals surface area contributed by atoms with Gasteiger partial charge in [-0.2, -0.15) is 4.31 Å². The van der Waals surface area contributed by atoms with Gasteiger partial charge in [0.2, 0.25) is 10.0 Å². The van der Waals surface area contributed by atoms with E-state index in [4.69, 9.17) is 21.4 Å². The largest absolute Gasteiger partial charge is 0.478 e. The van der Waals surface area contributed by atoms with Gasteiger partial charge in [0, 0.05) is 12.6 Å². The van der Waals surface area contributed by atoms with Crippen molar-refractivity contribution in [1.82, 2.24) is 4.31 Å². The van der Waals surface area contributed by atoms with Crippen LogP contribution in [0.4, 0.5) is 4.39 Å². The van der Waals surface area contributed by atoms with Gasteiger partial charge in [0.25, 0.3) is 0 Å². The lowest BCUT2D eigenvalue weighted by molar-refractivity contribution is 0.0392. The molecule has 6 nitrogen and oxygen atoms in total. The Hall–Kier alpha value is -1.22. The first-order valence-corrected chi connectivity index (χ1v) is 7.89. The number of sulfonamides is 1. The van der Waals surface area contributed by atoms with Gasteiger partial charge < -0.3 is 9.84 Å². The molecule has 1 fully saturated rings. The van der Waals surface area contributed by atoms with Gasteiger partial charge in [-0.25, -0.2) is 17.6 Å². The number of nitrogens with zero attached hydrogens (tertiary/aromatic N) is 1. The number of morpholine rings is 1. The number of benzene rings is 1. The topological polar surface area (TPSA) is 83.9 Å². The lowest BCUT2D eigenvalue weighted by Gasteiger charge is -2.32. The number of carbonyl (C=O) groups is 1. The zero-order valence-electron chi connectivity index (χ0n) is 11.0. The average Bonchev–Trinajstić information content (AvgIpc) is 2.41. The summed E-state index contributed by atoms with van der Waals surface area (Å²) in [4.78, 5) is 10.6. The molecule has 1 saturated heterocycles. The summed E-state index contributed by atoms with van der Waals surface area (Å²) >= 11 is 5.54. The summed E-state index contributed by atoms with van der Waals surface area (Å²) in [6.07, 6.45) is 0. The fraction of sp³-hybridized carbons (Fsp3) is 0.417. The van der Waals surface area contributed by atoms with Gasteiger partial charge in [-0.05, 0) is 19.1 Å². The minimum absolute atomic E-state index is 0.121. The second-order valence-corrected chi connectivity index (χ2v) is 6.88. The molecule has 1 aromatic carbocycles. The van der Waals surface area contributed by atoms with Crippen molar-refractivity contribution in [3.63, 3.8) is 0 Å². The molecule has 0 aromatic heterocycles. The lowest BCUT2D eigenvalue weighted by Crippen LogP contribution is -2.47. The van der Waals surface area contributed by atoms with Crippen molar-refractivity contribution >= 4 is 27.6 Å². The van der Waals surface area contributed by atoms with E-state index >= 15 is 0 Å². The molecule has 21 heavy (non-hydrogen) atoms. The molecule has 116 valence electrons. The number of aromatic carboxylic acids is 1. The van der Waals surface area contributed by atoms with E-state index in [1.807, 2.05) is 0 Å². The van der Waals surface area contributed by atoms with E-state index in [1.165, 1.54) is 0 Å². The summed E-state index contributed by atoms with van der Waals surface area (Å²) < 4.78 is 45.0. The SMILES string of the molecule is CC1COCCN1S(=O)(=O)c1cc(F)c(Cl)c(C(=O)O)c1. The molecule has 1 unspecified atom stereocenters. The second-order valence-electron chi connectivity index (χ2n) is 4.61. The smallest absolute Gasteiger partial charge is 0.337 e. The minimum atomic E-state index is -4.02. The van der Waals surface area contributed by atoms with Crippen LogP contribution in [0.25, 0.3) is 0 Å². The number of carboxylic acid groups (broad SMARTS) is 1. The van der Waals surface area contributed by atoms with Crippen LogP contribution in [0.3, 0.4) is 0 Å². The molecule has 1 aromatic rings. The normalized spacial score (nSPS) is 20.4. The van der Waals surface area contributed by atoms with Gasteiger partial charge in [0.15, 0.2) is 0 Å². The Morgan fingerprint density at radius 3 is 2.76 bits per heavy atom. The molecule has 0 saturated carbocycles. The summed E-state index contributed by atoms with van der Waals surface area (Å²) in [5.74, 6) is -2.58. The average molecular weight is 338 g/mol. The number of carboxylic acids is 1. The molecule has 0 amide bonds. The lowest BCUT2D eigenvalue weighted by atomic mass is 10.2. The highest BCUT2D eigenvalue weighted by Crippen LogP contribution is 2.27. The van der Waals surface area contributed by atoms with Crippen molar-refractivity contribution in [3.8, 4) is 0 Å². The highest BCUT2D eigenvalue weighted by atomic mass is 35.5. The highest BCUT2D eigenvalue weighted by molar-refractivity contribution is 7.89. The molecule has 1 atom stereocenters. The molecule has 0 radical (unpaired) electrons. The predicted molar refractivity (Wildman–Crippen MR) is 72.5 cm³/mol. The highest BCUT2D eigenvalue weighted by Gasteiger charge is 2.33.